The van der Waals surface area contributed by atoms with Crippen molar-refractivity contribution >= 4 is 34.0 Å². The predicted octanol–water partition coefficient (Wildman–Crippen LogP) is 2.37. The van der Waals surface area contributed by atoms with Crippen LogP contribution in [0.25, 0.3) is 0 Å². The zero-order chi connectivity index (χ0) is 18.7. The highest BCUT2D eigenvalue weighted by Crippen LogP contribution is 2.22. The average Bonchev–Trinajstić information content (AvgIpc) is 2.68. The molecule has 6 nitrogen and oxygen atoms in total. The fourth-order valence-electron chi connectivity index (χ4n) is 3.01. The molecule has 1 amide bonds. The number of nitrogens with zero attached hydrogens (tertiary/aromatic N) is 2. The molecule has 1 atom stereocenters. The third-order valence-electron chi connectivity index (χ3n) is 4.64. The smallest absolute Gasteiger partial charge is 0.264 e. The minimum Gasteiger partial charge on any atom is -0.333 e. The molecule has 0 spiro atoms. The first kappa shape index (κ1) is 21.2. The Morgan fingerprint density at radius 2 is 1.74 bits per heavy atom. The summed E-state index contributed by atoms with van der Waals surface area (Å²) in [5, 5.41) is 3.25. The van der Waals surface area contributed by atoms with E-state index in [9.17, 15) is 13.2 Å². The van der Waals surface area contributed by atoms with E-state index < -0.39 is 10.0 Å². The van der Waals surface area contributed by atoms with E-state index in [1.165, 1.54) is 23.5 Å². The second-order valence-electron chi connectivity index (χ2n) is 6.38. The predicted molar refractivity (Wildman–Crippen MR) is 109 cm³/mol. The topological polar surface area (TPSA) is 69.7 Å². The van der Waals surface area contributed by atoms with E-state index in [1.807, 2.05) is 17.9 Å². The van der Waals surface area contributed by atoms with E-state index in [1.54, 1.807) is 36.4 Å². The zero-order valence-corrected chi connectivity index (χ0v) is 17.0. The van der Waals surface area contributed by atoms with E-state index in [-0.39, 0.29) is 29.3 Å². The highest BCUT2D eigenvalue weighted by Gasteiger charge is 2.25. The molecule has 1 unspecified atom stereocenters. The minimum absolute atomic E-state index is 0. The molecule has 2 aromatic rings. The number of amides is 1. The largest absolute Gasteiger partial charge is 0.333 e. The van der Waals surface area contributed by atoms with Crippen LogP contribution in [-0.2, 0) is 10.0 Å². The Bertz CT molecular complexity index is 873. The molecule has 0 aromatic heterocycles. The lowest BCUT2D eigenvalue weighted by Crippen LogP contribution is -2.52. The maximum Gasteiger partial charge on any atom is 0.264 e. The Labute approximate surface area is 166 Å². The summed E-state index contributed by atoms with van der Waals surface area (Å²) in [7, 11) is -2.15. The highest BCUT2D eigenvalue weighted by molar-refractivity contribution is 7.92. The van der Waals surface area contributed by atoms with Crippen LogP contribution in [0.2, 0.25) is 0 Å². The first-order valence-corrected chi connectivity index (χ1v) is 10.0. The molecule has 0 aliphatic carbocycles. The Morgan fingerprint density at radius 1 is 1.11 bits per heavy atom. The fraction of sp³-hybridized carbons (Fsp3) is 0.316. The van der Waals surface area contributed by atoms with Crippen LogP contribution in [0.5, 0.6) is 0 Å². The Balaban J connectivity index is 0.00000261. The normalized spacial score (nSPS) is 17.1. The van der Waals surface area contributed by atoms with Gasteiger partial charge in [-0.1, -0.05) is 18.2 Å². The van der Waals surface area contributed by atoms with Gasteiger partial charge in [-0.2, -0.15) is 0 Å². The lowest BCUT2D eigenvalue weighted by molar-refractivity contribution is 0.0655. The maximum atomic E-state index is 12.8. The molecule has 3 rings (SSSR count). The van der Waals surface area contributed by atoms with Crippen molar-refractivity contribution in [3.63, 3.8) is 0 Å². The van der Waals surface area contributed by atoms with Crippen LogP contribution in [0.3, 0.4) is 0 Å². The van der Waals surface area contributed by atoms with Crippen molar-refractivity contribution in [3.05, 3.63) is 60.2 Å². The molecule has 0 saturated carbocycles. The van der Waals surface area contributed by atoms with Crippen molar-refractivity contribution in [1.82, 2.24) is 10.2 Å². The van der Waals surface area contributed by atoms with Crippen molar-refractivity contribution in [3.8, 4) is 0 Å². The monoisotopic (exact) mass is 409 g/mol. The first-order valence-electron chi connectivity index (χ1n) is 8.57. The van der Waals surface area contributed by atoms with Gasteiger partial charge in [-0.05, 0) is 43.3 Å². The summed E-state index contributed by atoms with van der Waals surface area (Å²) in [5.74, 6) is -0.0700. The fourth-order valence-corrected chi connectivity index (χ4v) is 4.21. The molecule has 2 aromatic carbocycles. The molecule has 1 aliphatic rings. The number of hydrogen-bond donors (Lipinski definition) is 1. The SMILES string of the molecule is CC1CNCCN1C(=O)c1ccc(S(=O)(=O)N(C)c2ccccc2)cc1.Cl. The molecular formula is C19H24ClN3O3S. The summed E-state index contributed by atoms with van der Waals surface area (Å²) in [6, 6.07) is 15.2. The number of sulfonamides is 1. The van der Waals surface area contributed by atoms with Crippen LogP contribution < -0.4 is 9.62 Å². The standard InChI is InChI=1S/C19H23N3O3S.ClH/c1-15-14-20-12-13-22(15)19(23)16-8-10-18(11-9-16)26(24,25)21(2)17-6-4-3-5-7-17;/h3-11,15,20H,12-14H2,1-2H3;1H. The van der Waals surface area contributed by atoms with Gasteiger partial charge in [0.25, 0.3) is 15.9 Å². The quantitative estimate of drug-likeness (QED) is 0.841. The summed E-state index contributed by atoms with van der Waals surface area (Å²) >= 11 is 0. The molecule has 1 heterocycles. The summed E-state index contributed by atoms with van der Waals surface area (Å²) in [4.78, 5) is 14.6. The van der Waals surface area contributed by atoms with Crippen molar-refractivity contribution in [1.29, 1.82) is 0 Å². The Kier molecular flexibility index (Phi) is 6.86. The van der Waals surface area contributed by atoms with Gasteiger partial charge in [-0.15, -0.1) is 12.4 Å². The van der Waals surface area contributed by atoms with Crippen LogP contribution in [0.4, 0.5) is 5.69 Å². The van der Waals surface area contributed by atoms with Crippen LogP contribution in [0, 0.1) is 0 Å². The van der Waals surface area contributed by atoms with Crippen LogP contribution >= 0.6 is 12.4 Å². The van der Waals surface area contributed by atoms with Crippen LogP contribution in [0.15, 0.2) is 59.5 Å². The average molecular weight is 410 g/mol. The van der Waals surface area contributed by atoms with Crippen LogP contribution in [0.1, 0.15) is 17.3 Å². The van der Waals surface area contributed by atoms with Crippen molar-refractivity contribution in [2.75, 3.05) is 31.0 Å². The lowest BCUT2D eigenvalue weighted by atomic mass is 10.1. The Hall–Kier alpha value is -2.09. The first-order chi connectivity index (χ1) is 12.4. The molecule has 1 N–H and O–H groups in total. The van der Waals surface area contributed by atoms with Gasteiger partial charge < -0.3 is 10.2 Å². The van der Waals surface area contributed by atoms with Gasteiger partial charge in [0.15, 0.2) is 0 Å². The molecule has 8 heteroatoms. The number of carbonyl (C=O) groups excluding carboxylic acids is 1. The number of rotatable bonds is 4. The number of halogens is 1. The molecule has 0 bridgehead atoms. The number of carbonyl (C=O) groups is 1. The van der Waals surface area contributed by atoms with E-state index in [0.717, 1.165) is 13.1 Å². The number of nitrogens with one attached hydrogen (secondary N) is 1. The van der Waals surface area contributed by atoms with E-state index >= 15 is 0 Å². The Morgan fingerprint density at radius 3 is 2.33 bits per heavy atom. The molecule has 27 heavy (non-hydrogen) atoms. The molecule has 0 radical (unpaired) electrons. The zero-order valence-electron chi connectivity index (χ0n) is 15.3. The lowest BCUT2D eigenvalue weighted by Gasteiger charge is -2.34. The van der Waals surface area contributed by atoms with Gasteiger partial charge in [-0.3, -0.25) is 9.10 Å². The van der Waals surface area contributed by atoms with E-state index in [0.29, 0.717) is 17.8 Å². The molecule has 1 saturated heterocycles. The van der Waals surface area contributed by atoms with Crippen molar-refractivity contribution in [2.24, 2.45) is 0 Å². The van der Waals surface area contributed by atoms with Crippen LogP contribution in [-0.4, -0.2) is 51.9 Å². The number of anilines is 1. The number of para-hydroxylation sites is 1. The molecule has 1 fully saturated rings. The van der Waals surface area contributed by atoms with Gasteiger partial charge in [0.1, 0.15) is 0 Å². The van der Waals surface area contributed by atoms with Gasteiger partial charge >= 0.3 is 0 Å². The van der Waals surface area contributed by atoms with Gasteiger partial charge in [0.05, 0.1) is 10.6 Å². The third kappa shape index (κ3) is 4.43. The van der Waals surface area contributed by atoms with Crippen molar-refractivity contribution in [2.45, 2.75) is 17.9 Å². The maximum absolute atomic E-state index is 12.8. The third-order valence-corrected chi connectivity index (χ3v) is 6.44. The van der Waals surface area contributed by atoms with Gasteiger partial charge in [-0.25, -0.2) is 8.42 Å². The number of benzene rings is 2. The number of hydrogen-bond acceptors (Lipinski definition) is 4. The number of piperazine rings is 1. The summed E-state index contributed by atoms with van der Waals surface area (Å²) in [6.07, 6.45) is 0. The van der Waals surface area contributed by atoms with Gasteiger partial charge in [0.2, 0.25) is 0 Å². The summed E-state index contributed by atoms with van der Waals surface area (Å²) in [6.45, 7) is 4.18. The molecular weight excluding hydrogens is 386 g/mol. The van der Waals surface area contributed by atoms with Gasteiger partial charge in [0, 0.05) is 38.3 Å². The second-order valence-corrected chi connectivity index (χ2v) is 8.35. The highest BCUT2D eigenvalue weighted by atomic mass is 35.5. The van der Waals surface area contributed by atoms with E-state index in [4.69, 9.17) is 0 Å². The summed E-state index contributed by atoms with van der Waals surface area (Å²) in [5.41, 5.74) is 1.09. The molecule has 1 aliphatic heterocycles. The van der Waals surface area contributed by atoms with Crippen molar-refractivity contribution < 1.29 is 13.2 Å². The minimum atomic E-state index is -3.67. The summed E-state index contributed by atoms with van der Waals surface area (Å²) < 4.78 is 26.8. The molecule has 146 valence electrons. The van der Waals surface area contributed by atoms with E-state index in [2.05, 4.69) is 5.32 Å². The second kappa shape index (κ2) is 8.73.